The number of quaternary nitrogens is 2. The molecular formula is C16H28N8O7S+2. The number of nitrogens with one attached hydrogen (secondary N) is 1. The van der Waals surface area contributed by atoms with Crippen LogP contribution in [0.15, 0.2) is 12.7 Å². The molecule has 0 saturated carbocycles. The summed E-state index contributed by atoms with van der Waals surface area (Å²) >= 11 is 0. The van der Waals surface area contributed by atoms with Crippen molar-refractivity contribution >= 4 is 33.2 Å². The fourth-order valence-electron chi connectivity index (χ4n) is 3.24. The second-order valence-corrected chi connectivity index (χ2v) is 8.73. The Morgan fingerprint density at radius 1 is 1.31 bits per heavy atom. The highest BCUT2D eigenvalue weighted by Gasteiger charge is 2.45. The molecule has 1 amide bonds. The van der Waals surface area contributed by atoms with Gasteiger partial charge in [-0.25, -0.2) is 19.7 Å². The first-order valence-corrected chi connectivity index (χ1v) is 11.3. The van der Waals surface area contributed by atoms with Gasteiger partial charge >= 0.3 is 10.3 Å². The van der Waals surface area contributed by atoms with E-state index in [-0.39, 0.29) is 17.0 Å². The lowest BCUT2D eigenvalue weighted by molar-refractivity contribution is -0.405. The SMILES string of the molecule is Nc1ncnc2c1ncn2[C@@H]1O[C@H](COS(=O)(=O)NC(=O)[C@@H]([NH3+])CCCC[NH3+])[C@@H](O)[C@H]1O. The summed E-state index contributed by atoms with van der Waals surface area (Å²) in [6.45, 7) is 0.0614. The van der Waals surface area contributed by atoms with Crippen molar-refractivity contribution in [2.24, 2.45) is 0 Å². The van der Waals surface area contributed by atoms with E-state index in [2.05, 4.69) is 26.4 Å². The van der Waals surface area contributed by atoms with Crippen LogP contribution in [-0.4, -0.2) is 81.6 Å². The zero-order chi connectivity index (χ0) is 23.5. The molecule has 2 aromatic heterocycles. The van der Waals surface area contributed by atoms with Gasteiger partial charge in [0.15, 0.2) is 23.7 Å². The van der Waals surface area contributed by atoms with Crippen LogP contribution in [0.4, 0.5) is 5.82 Å². The monoisotopic (exact) mass is 476 g/mol. The van der Waals surface area contributed by atoms with Gasteiger partial charge in [0.25, 0.3) is 5.91 Å². The van der Waals surface area contributed by atoms with Crippen molar-refractivity contribution in [2.75, 3.05) is 18.9 Å². The molecule has 0 radical (unpaired) electrons. The molecule has 3 rings (SSSR count). The Hall–Kier alpha value is -2.47. The van der Waals surface area contributed by atoms with Crippen molar-refractivity contribution in [3.63, 3.8) is 0 Å². The number of imidazole rings is 1. The van der Waals surface area contributed by atoms with E-state index in [1.54, 1.807) is 4.72 Å². The average molecular weight is 477 g/mol. The molecule has 1 aliphatic heterocycles. The molecule has 0 aromatic carbocycles. The third-order valence-corrected chi connectivity index (χ3v) is 5.93. The summed E-state index contributed by atoms with van der Waals surface area (Å²) in [6, 6.07) is -0.775. The van der Waals surface area contributed by atoms with Crippen molar-refractivity contribution in [3.8, 4) is 0 Å². The molecule has 2 aromatic rings. The van der Waals surface area contributed by atoms with Gasteiger partial charge in [-0.05, 0) is 12.8 Å². The van der Waals surface area contributed by atoms with Crippen LogP contribution >= 0.6 is 0 Å². The van der Waals surface area contributed by atoms with E-state index >= 15 is 0 Å². The van der Waals surface area contributed by atoms with Crippen LogP contribution in [0.1, 0.15) is 25.5 Å². The standard InChI is InChI=1S/C16H26N8O7S/c17-4-2-1-3-8(18)15(27)23-32(28,29)30-5-9-11(25)12(26)16(31-9)24-7-22-10-13(19)20-6-21-14(10)24/h6-9,11-12,16,25-26H,1-5,17-18H2,(H,23,27)(H2,19,20,21)/p+2/t8-,9+,11+,12+,16+/m0/s1. The molecular weight excluding hydrogens is 448 g/mol. The van der Waals surface area contributed by atoms with Crippen molar-refractivity contribution in [3.05, 3.63) is 12.7 Å². The van der Waals surface area contributed by atoms with Gasteiger partial charge in [0.2, 0.25) is 0 Å². The maximum atomic E-state index is 12.1. The summed E-state index contributed by atoms with van der Waals surface area (Å²) < 4.78 is 37.7. The summed E-state index contributed by atoms with van der Waals surface area (Å²) in [5.74, 6) is -0.680. The molecule has 1 aliphatic rings. The number of unbranched alkanes of at least 4 members (excludes halogenated alkanes) is 1. The number of carbonyl (C=O) groups excluding carboxylic acids is 1. The summed E-state index contributed by atoms with van der Waals surface area (Å²) in [5.41, 5.74) is 13.6. The Morgan fingerprint density at radius 3 is 2.78 bits per heavy atom. The molecule has 0 bridgehead atoms. The first-order valence-electron chi connectivity index (χ1n) is 9.92. The first kappa shape index (κ1) is 24.2. The fraction of sp³-hybridized carbons (Fsp3) is 0.625. The number of anilines is 1. The molecule has 11 N–H and O–H groups in total. The molecule has 15 nitrogen and oxygen atoms in total. The van der Waals surface area contributed by atoms with Gasteiger partial charge in [-0.2, -0.15) is 8.42 Å². The van der Waals surface area contributed by atoms with Crippen LogP contribution in [0.25, 0.3) is 11.2 Å². The van der Waals surface area contributed by atoms with E-state index in [0.717, 1.165) is 6.42 Å². The van der Waals surface area contributed by atoms with E-state index in [1.165, 1.54) is 17.2 Å². The molecule has 178 valence electrons. The minimum absolute atomic E-state index is 0.124. The number of rotatable bonds is 10. The molecule has 3 heterocycles. The normalized spacial score (nSPS) is 24.6. The lowest BCUT2D eigenvalue weighted by Gasteiger charge is -2.16. The summed E-state index contributed by atoms with van der Waals surface area (Å²) in [7, 11) is -4.48. The van der Waals surface area contributed by atoms with Crippen LogP contribution in [-0.2, 0) is 24.0 Å². The molecule has 0 aliphatic carbocycles. The number of aliphatic hydroxyl groups is 2. The Bertz CT molecular complexity index is 1050. The van der Waals surface area contributed by atoms with Gasteiger partial charge in [0.05, 0.1) is 19.5 Å². The van der Waals surface area contributed by atoms with Crippen LogP contribution in [0.3, 0.4) is 0 Å². The maximum absolute atomic E-state index is 12.1. The highest BCUT2D eigenvalue weighted by Crippen LogP contribution is 2.32. The Balaban J connectivity index is 1.60. The molecule has 32 heavy (non-hydrogen) atoms. The van der Waals surface area contributed by atoms with Crippen LogP contribution in [0, 0.1) is 0 Å². The van der Waals surface area contributed by atoms with E-state index in [1.807, 2.05) is 0 Å². The van der Waals surface area contributed by atoms with Gasteiger partial charge < -0.3 is 32.2 Å². The number of fused-ring (bicyclic) bond motifs is 1. The number of aromatic nitrogens is 4. The van der Waals surface area contributed by atoms with E-state index in [0.29, 0.717) is 19.4 Å². The fourth-order valence-corrected chi connectivity index (χ4v) is 4.03. The summed E-state index contributed by atoms with van der Waals surface area (Å²) in [5, 5.41) is 20.7. The largest absolute Gasteiger partial charge is 0.387 e. The van der Waals surface area contributed by atoms with Crippen molar-refractivity contribution in [1.82, 2.24) is 24.2 Å². The molecule has 5 atom stereocenters. The van der Waals surface area contributed by atoms with Gasteiger partial charge in [-0.15, -0.1) is 0 Å². The Morgan fingerprint density at radius 2 is 2.06 bits per heavy atom. The summed E-state index contributed by atoms with van der Waals surface area (Å²) in [6.07, 6.45) is -0.864. The number of nitrogens with two attached hydrogens (primary N) is 1. The number of nitrogens with zero attached hydrogens (tertiary/aromatic N) is 4. The molecule has 0 spiro atoms. The van der Waals surface area contributed by atoms with Crippen molar-refractivity contribution in [2.45, 2.75) is 49.8 Å². The quantitative estimate of drug-likeness (QED) is 0.178. The highest BCUT2D eigenvalue weighted by molar-refractivity contribution is 7.85. The maximum Gasteiger partial charge on any atom is 0.362 e. The second kappa shape index (κ2) is 9.99. The van der Waals surface area contributed by atoms with Crippen LogP contribution in [0.2, 0.25) is 0 Å². The number of hydrogen-bond donors (Lipinski definition) is 6. The minimum atomic E-state index is -4.48. The van der Waals surface area contributed by atoms with E-state index < -0.39 is 53.4 Å². The third kappa shape index (κ3) is 5.29. The predicted octanol–water partition coefficient (Wildman–Crippen LogP) is -4.57. The van der Waals surface area contributed by atoms with Crippen molar-refractivity contribution < 1.29 is 43.8 Å². The van der Waals surface area contributed by atoms with Crippen molar-refractivity contribution in [1.29, 1.82) is 0 Å². The average Bonchev–Trinajstić information content (AvgIpc) is 3.29. The lowest BCUT2D eigenvalue weighted by atomic mass is 10.1. The zero-order valence-electron chi connectivity index (χ0n) is 17.2. The molecule has 16 heteroatoms. The minimum Gasteiger partial charge on any atom is -0.387 e. The van der Waals surface area contributed by atoms with Gasteiger partial charge in [-0.1, -0.05) is 0 Å². The van der Waals surface area contributed by atoms with E-state index in [9.17, 15) is 23.4 Å². The predicted molar refractivity (Wildman–Crippen MR) is 107 cm³/mol. The number of carbonyl (C=O) groups is 1. The summed E-state index contributed by atoms with van der Waals surface area (Å²) in [4.78, 5) is 24.0. The number of hydrogen-bond acceptors (Lipinski definition) is 11. The van der Waals surface area contributed by atoms with Crippen LogP contribution in [0.5, 0.6) is 0 Å². The Kier molecular flexibility index (Phi) is 7.55. The molecule has 1 fully saturated rings. The third-order valence-electron chi connectivity index (χ3n) is 5.03. The number of ether oxygens (including phenoxy) is 1. The smallest absolute Gasteiger partial charge is 0.362 e. The molecule has 1 saturated heterocycles. The Labute approximate surface area is 183 Å². The first-order chi connectivity index (χ1) is 15.1. The van der Waals surface area contributed by atoms with E-state index in [4.69, 9.17) is 14.7 Å². The number of amides is 1. The van der Waals surface area contributed by atoms with Gasteiger partial charge in [-0.3, -0.25) is 13.5 Å². The lowest BCUT2D eigenvalue weighted by Crippen LogP contribution is -2.68. The topological polar surface area (TPSA) is 247 Å². The van der Waals surface area contributed by atoms with Gasteiger partial charge in [0.1, 0.15) is 30.2 Å². The van der Waals surface area contributed by atoms with Gasteiger partial charge in [0, 0.05) is 6.42 Å². The highest BCUT2D eigenvalue weighted by atomic mass is 32.2. The number of nitrogen functional groups attached to an aromatic ring is 1. The second-order valence-electron chi connectivity index (χ2n) is 7.38. The van der Waals surface area contributed by atoms with Crippen LogP contribution < -0.4 is 21.9 Å². The zero-order valence-corrected chi connectivity index (χ0v) is 18.0. The number of aliphatic hydroxyl groups excluding tert-OH is 2. The molecule has 0 unspecified atom stereocenters.